The Morgan fingerprint density at radius 2 is 2.12 bits per heavy atom. The third-order valence-corrected chi connectivity index (χ3v) is 3.84. The maximum absolute atomic E-state index is 11.1. The van der Waals surface area contributed by atoms with Crippen LogP contribution in [0.2, 0.25) is 0 Å². The second kappa shape index (κ2) is 6.36. The molecule has 1 rings (SSSR count). The van der Waals surface area contributed by atoms with Crippen LogP contribution < -0.4 is 11.5 Å². The second-order valence-corrected chi connectivity index (χ2v) is 5.76. The van der Waals surface area contributed by atoms with Gasteiger partial charge in [-0.25, -0.2) is 0 Å². The number of nitrogens with two attached hydrogens (primary N) is 2. The molecule has 0 saturated carbocycles. The predicted octanol–water partition coefficient (Wildman–Crippen LogP) is 1.09. The molecule has 0 spiro atoms. The Hall–Kier alpha value is -0.610. The minimum atomic E-state index is -0.848. The summed E-state index contributed by atoms with van der Waals surface area (Å²) in [5, 5.41) is 0. The quantitative estimate of drug-likeness (QED) is 0.757. The van der Waals surface area contributed by atoms with Gasteiger partial charge in [0, 0.05) is 0 Å². The van der Waals surface area contributed by atoms with Gasteiger partial charge in [0.2, 0.25) is 5.91 Å². The van der Waals surface area contributed by atoms with Crippen molar-refractivity contribution in [1.82, 2.24) is 4.90 Å². The van der Waals surface area contributed by atoms with Gasteiger partial charge in [-0.05, 0) is 64.6 Å². The zero-order valence-electron chi connectivity index (χ0n) is 11.2. The molecule has 4 nitrogen and oxygen atoms in total. The summed E-state index contributed by atoms with van der Waals surface area (Å²) in [6.07, 6.45) is 5.54. The largest absolute Gasteiger partial charge is 0.368 e. The molecule has 1 fully saturated rings. The van der Waals surface area contributed by atoms with Gasteiger partial charge in [0.15, 0.2) is 0 Å². The van der Waals surface area contributed by atoms with E-state index in [0.29, 0.717) is 6.42 Å². The first-order chi connectivity index (χ1) is 7.92. The molecule has 1 heterocycles. The monoisotopic (exact) mass is 241 g/mol. The maximum atomic E-state index is 11.1. The molecular formula is C13H27N3O. The first-order valence-electron chi connectivity index (χ1n) is 6.73. The highest BCUT2D eigenvalue weighted by Crippen LogP contribution is 2.17. The number of carbonyl (C=O) groups excluding carboxylic acids is 1. The van der Waals surface area contributed by atoms with Crippen molar-refractivity contribution in [3.8, 4) is 0 Å². The number of amides is 1. The maximum Gasteiger partial charge on any atom is 0.237 e. The van der Waals surface area contributed by atoms with Gasteiger partial charge in [-0.2, -0.15) is 0 Å². The van der Waals surface area contributed by atoms with E-state index in [1.807, 2.05) is 0 Å². The van der Waals surface area contributed by atoms with Crippen molar-refractivity contribution < 1.29 is 4.79 Å². The van der Waals surface area contributed by atoms with E-state index in [9.17, 15) is 4.79 Å². The smallest absolute Gasteiger partial charge is 0.237 e. The van der Waals surface area contributed by atoms with E-state index in [4.69, 9.17) is 11.5 Å². The van der Waals surface area contributed by atoms with Crippen molar-refractivity contribution in [1.29, 1.82) is 0 Å². The zero-order chi connectivity index (χ0) is 12.9. The number of rotatable bonds is 5. The first-order valence-corrected chi connectivity index (χ1v) is 6.73. The molecule has 0 bridgehead atoms. The fraction of sp³-hybridized carbons (Fsp3) is 0.923. The highest BCUT2D eigenvalue weighted by molar-refractivity contribution is 5.83. The Balaban J connectivity index is 2.24. The summed E-state index contributed by atoms with van der Waals surface area (Å²) < 4.78 is 0. The fourth-order valence-electron chi connectivity index (χ4n) is 2.34. The molecule has 2 unspecified atom stereocenters. The van der Waals surface area contributed by atoms with Gasteiger partial charge in [-0.3, -0.25) is 4.79 Å². The van der Waals surface area contributed by atoms with Crippen LogP contribution in [0.4, 0.5) is 0 Å². The van der Waals surface area contributed by atoms with E-state index in [2.05, 4.69) is 11.8 Å². The number of likely N-dealkylation sites (tertiary alicyclic amines) is 1. The summed E-state index contributed by atoms with van der Waals surface area (Å²) in [5.74, 6) is 0.451. The van der Waals surface area contributed by atoms with Crippen LogP contribution in [0.15, 0.2) is 0 Å². The standard InChI is InChI=1S/C13H27N3O/c1-11-5-3-8-16(10-6-11)9-4-7-13(2,15)12(14)17/h11H,3-10,15H2,1-2H3,(H2,14,17). The van der Waals surface area contributed by atoms with Gasteiger partial charge in [0.1, 0.15) is 0 Å². The number of carbonyl (C=O) groups is 1. The van der Waals surface area contributed by atoms with Crippen LogP contribution in [0.5, 0.6) is 0 Å². The Morgan fingerprint density at radius 1 is 1.41 bits per heavy atom. The normalized spacial score (nSPS) is 26.2. The number of nitrogens with zero attached hydrogens (tertiary/aromatic N) is 1. The minimum absolute atomic E-state index is 0.401. The molecule has 0 aliphatic carbocycles. The van der Waals surface area contributed by atoms with Crippen LogP contribution in [-0.2, 0) is 4.79 Å². The highest BCUT2D eigenvalue weighted by atomic mass is 16.1. The van der Waals surface area contributed by atoms with Crippen LogP contribution >= 0.6 is 0 Å². The second-order valence-electron chi connectivity index (χ2n) is 5.76. The lowest BCUT2D eigenvalue weighted by atomic mass is 9.96. The van der Waals surface area contributed by atoms with Crippen molar-refractivity contribution in [2.75, 3.05) is 19.6 Å². The highest BCUT2D eigenvalue weighted by Gasteiger charge is 2.25. The van der Waals surface area contributed by atoms with Crippen molar-refractivity contribution in [2.24, 2.45) is 17.4 Å². The summed E-state index contributed by atoms with van der Waals surface area (Å²) in [5.41, 5.74) is 10.2. The summed E-state index contributed by atoms with van der Waals surface area (Å²) in [6, 6.07) is 0. The Labute approximate surface area is 105 Å². The molecule has 0 aromatic heterocycles. The van der Waals surface area contributed by atoms with Crippen LogP contribution in [-0.4, -0.2) is 36.0 Å². The summed E-state index contributed by atoms with van der Waals surface area (Å²) in [7, 11) is 0. The molecule has 4 N–H and O–H groups in total. The van der Waals surface area contributed by atoms with Gasteiger partial charge in [0.25, 0.3) is 0 Å². The Bertz CT molecular complexity index is 253. The Morgan fingerprint density at radius 3 is 2.76 bits per heavy atom. The predicted molar refractivity (Wildman–Crippen MR) is 70.5 cm³/mol. The van der Waals surface area contributed by atoms with Crippen molar-refractivity contribution in [3.63, 3.8) is 0 Å². The molecule has 0 radical (unpaired) electrons. The SMILES string of the molecule is CC1CCCN(CCCC(C)(N)C(N)=O)CC1. The van der Waals surface area contributed by atoms with E-state index in [1.165, 1.54) is 32.4 Å². The topological polar surface area (TPSA) is 72.3 Å². The van der Waals surface area contributed by atoms with E-state index in [-0.39, 0.29) is 0 Å². The van der Waals surface area contributed by atoms with E-state index >= 15 is 0 Å². The average molecular weight is 241 g/mol. The van der Waals surface area contributed by atoms with Crippen LogP contribution in [0.25, 0.3) is 0 Å². The number of hydrogen-bond acceptors (Lipinski definition) is 3. The Kier molecular flexibility index (Phi) is 5.40. The molecule has 100 valence electrons. The molecule has 0 aromatic carbocycles. The van der Waals surface area contributed by atoms with Gasteiger partial charge in [-0.1, -0.05) is 6.92 Å². The molecule has 1 aliphatic rings. The van der Waals surface area contributed by atoms with Crippen molar-refractivity contribution in [3.05, 3.63) is 0 Å². The molecule has 2 atom stereocenters. The van der Waals surface area contributed by atoms with E-state index < -0.39 is 11.4 Å². The molecule has 1 saturated heterocycles. The lowest BCUT2D eigenvalue weighted by Gasteiger charge is -2.24. The molecule has 1 aliphatic heterocycles. The van der Waals surface area contributed by atoms with Crippen LogP contribution in [0, 0.1) is 5.92 Å². The van der Waals surface area contributed by atoms with Crippen LogP contribution in [0.3, 0.4) is 0 Å². The lowest BCUT2D eigenvalue weighted by molar-refractivity contribution is -0.122. The first kappa shape index (κ1) is 14.5. The fourth-order valence-corrected chi connectivity index (χ4v) is 2.34. The minimum Gasteiger partial charge on any atom is -0.368 e. The van der Waals surface area contributed by atoms with Gasteiger partial charge >= 0.3 is 0 Å². The summed E-state index contributed by atoms with van der Waals surface area (Å²) in [6.45, 7) is 7.45. The third-order valence-electron chi connectivity index (χ3n) is 3.84. The van der Waals surface area contributed by atoms with Crippen molar-refractivity contribution in [2.45, 2.75) is 51.5 Å². The van der Waals surface area contributed by atoms with Crippen molar-refractivity contribution >= 4 is 5.91 Å². The summed E-state index contributed by atoms with van der Waals surface area (Å²) >= 11 is 0. The van der Waals surface area contributed by atoms with Gasteiger partial charge in [0.05, 0.1) is 5.54 Å². The number of primary amides is 1. The average Bonchev–Trinajstić information content (AvgIpc) is 2.43. The molecule has 0 aromatic rings. The molecule has 1 amide bonds. The molecular weight excluding hydrogens is 214 g/mol. The third kappa shape index (κ3) is 5.04. The molecule has 4 heteroatoms. The molecule has 17 heavy (non-hydrogen) atoms. The lowest BCUT2D eigenvalue weighted by Crippen LogP contribution is -2.49. The van der Waals surface area contributed by atoms with Gasteiger partial charge in [-0.15, -0.1) is 0 Å². The van der Waals surface area contributed by atoms with Crippen LogP contribution in [0.1, 0.15) is 46.0 Å². The summed E-state index contributed by atoms with van der Waals surface area (Å²) in [4.78, 5) is 13.6. The zero-order valence-corrected chi connectivity index (χ0v) is 11.2. The number of hydrogen-bond donors (Lipinski definition) is 2. The van der Waals surface area contributed by atoms with Gasteiger partial charge < -0.3 is 16.4 Å². The van der Waals surface area contributed by atoms with E-state index in [1.54, 1.807) is 6.92 Å². The van der Waals surface area contributed by atoms with E-state index in [0.717, 1.165) is 18.9 Å².